The van der Waals surface area contributed by atoms with Crippen LogP contribution in [0, 0.1) is 0 Å². The lowest BCUT2D eigenvalue weighted by Gasteiger charge is -2.14. The first-order valence-corrected chi connectivity index (χ1v) is 8.61. The Labute approximate surface area is 162 Å². The molecule has 0 saturated carbocycles. The molecule has 0 atom stereocenters. The predicted molar refractivity (Wildman–Crippen MR) is 101 cm³/mol. The SMILES string of the molecule is COc1cc(CNCCOc2ccc(Cl)cc2)cc(Cl)c1OCC(N)=O. The molecule has 2 rings (SSSR count). The molecule has 3 N–H and O–H groups in total. The third-order valence-electron chi connectivity index (χ3n) is 3.34. The van der Waals surface area contributed by atoms with Gasteiger partial charge in [-0.25, -0.2) is 0 Å². The van der Waals surface area contributed by atoms with Crippen LogP contribution in [-0.4, -0.2) is 32.8 Å². The van der Waals surface area contributed by atoms with Gasteiger partial charge in [-0.15, -0.1) is 0 Å². The van der Waals surface area contributed by atoms with E-state index in [-0.39, 0.29) is 6.61 Å². The van der Waals surface area contributed by atoms with E-state index in [2.05, 4.69) is 5.32 Å². The molecule has 2 aromatic rings. The number of nitrogens with two attached hydrogens (primary N) is 1. The number of hydrogen-bond acceptors (Lipinski definition) is 5. The van der Waals surface area contributed by atoms with Crippen molar-refractivity contribution in [1.29, 1.82) is 0 Å². The number of carbonyl (C=O) groups excluding carboxylic acids is 1. The fourth-order valence-corrected chi connectivity index (χ4v) is 2.58. The molecule has 0 saturated heterocycles. The Morgan fingerprint density at radius 3 is 2.54 bits per heavy atom. The Bertz CT molecular complexity index is 739. The van der Waals surface area contributed by atoms with Crippen LogP contribution in [0.4, 0.5) is 0 Å². The summed E-state index contributed by atoms with van der Waals surface area (Å²) in [6.45, 7) is 1.45. The van der Waals surface area contributed by atoms with Crippen LogP contribution in [0.2, 0.25) is 10.0 Å². The minimum absolute atomic E-state index is 0.268. The zero-order chi connectivity index (χ0) is 18.9. The second kappa shape index (κ2) is 10.1. The van der Waals surface area contributed by atoms with Crippen LogP contribution in [0.15, 0.2) is 36.4 Å². The topological polar surface area (TPSA) is 82.8 Å². The maximum Gasteiger partial charge on any atom is 0.255 e. The van der Waals surface area contributed by atoms with E-state index in [1.54, 1.807) is 24.3 Å². The maximum atomic E-state index is 10.9. The zero-order valence-corrected chi connectivity index (χ0v) is 15.8. The van der Waals surface area contributed by atoms with Crippen molar-refractivity contribution in [3.63, 3.8) is 0 Å². The standard InChI is InChI=1S/C18H20Cl2N2O4/c1-24-16-9-12(8-15(20)18(16)26-11-17(21)23)10-22-6-7-25-14-4-2-13(19)3-5-14/h2-5,8-9,22H,6-7,10-11H2,1H3,(H2,21,23). The van der Waals surface area contributed by atoms with Gasteiger partial charge in [0.2, 0.25) is 0 Å². The number of methoxy groups -OCH3 is 1. The normalized spacial score (nSPS) is 10.4. The first-order valence-electron chi connectivity index (χ1n) is 7.86. The highest BCUT2D eigenvalue weighted by molar-refractivity contribution is 6.32. The summed E-state index contributed by atoms with van der Waals surface area (Å²) in [5, 5.41) is 4.27. The van der Waals surface area contributed by atoms with Crippen molar-refractivity contribution in [2.75, 3.05) is 26.9 Å². The summed E-state index contributed by atoms with van der Waals surface area (Å²) in [5.74, 6) is 0.905. The third-order valence-corrected chi connectivity index (χ3v) is 3.87. The van der Waals surface area contributed by atoms with Crippen LogP contribution in [0.1, 0.15) is 5.56 Å². The van der Waals surface area contributed by atoms with E-state index in [0.717, 1.165) is 11.3 Å². The van der Waals surface area contributed by atoms with Crippen molar-refractivity contribution in [1.82, 2.24) is 5.32 Å². The van der Waals surface area contributed by atoms with Crippen molar-refractivity contribution in [2.45, 2.75) is 6.54 Å². The molecule has 6 nitrogen and oxygen atoms in total. The molecule has 26 heavy (non-hydrogen) atoms. The molecule has 0 radical (unpaired) electrons. The molecular formula is C18H20Cl2N2O4. The molecule has 0 spiro atoms. The Hall–Kier alpha value is -2.15. The first kappa shape index (κ1) is 20.2. The Kier molecular flexibility index (Phi) is 7.84. The summed E-state index contributed by atoms with van der Waals surface area (Å²) in [6.07, 6.45) is 0. The van der Waals surface area contributed by atoms with Gasteiger partial charge in [0.15, 0.2) is 18.1 Å². The number of ether oxygens (including phenoxy) is 3. The Balaban J connectivity index is 1.84. The van der Waals surface area contributed by atoms with Crippen LogP contribution in [-0.2, 0) is 11.3 Å². The first-order chi connectivity index (χ1) is 12.5. The number of nitrogens with one attached hydrogen (secondary N) is 1. The van der Waals surface area contributed by atoms with E-state index in [1.165, 1.54) is 7.11 Å². The largest absolute Gasteiger partial charge is 0.493 e. The predicted octanol–water partition coefficient (Wildman–Crippen LogP) is 3.03. The number of amides is 1. The molecule has 0 aliphatic heterocycles. The summed E-state index contributed by atoms with van der Waals surface area (Å²) < 4.78 is 16.2. The van der Waals surface area contributed by atoms with Gasteiger partial charge in [-0.3, -0.25) is 4.79 Å². The number of carbonyl (C=O) groups is 1. The van der Waals surface area contributed by atoms with E-state index < -0.39 is 5.91 Å². The molecule has 8 heteroatoms. The van der Waals surface area contributed by atoms with Crippen LogP contribution in [0.25, 0.3) is 0 Å². The van der Waals surface area contributed by atoms with Gasteiger partial charge < -0.3 is 25.3 Å². The summed E-state index contributed by atoms with van der Waals surface area (Å²) in [7, 11) is 1.50. The monoisotopic (exact) mass is 398 g/mol. The summed E-state index contributed by atoms with van der Waals surface area (Å²) in [6, 6.07) is 10.7. The van der Waals surface area contributed by atoms with Gasteiger partial charge in [-0.2, -0.15) is 0 Å². The average molecular weight is 399 g/mol. The van der Waals surface area contributed by atoms with Crippen molar-refractivity contribution >= 4 is 29.1 Å². The molecule has 0 aliphatic rings. The molecule has 0 heterocycles. The average Bonchev–Trinajstić information content (AvgIpc) is 2.61. The van der Waals surface area contributed by atoms with E-state index in [1.807, 2.05) is 12.1 Å². The highest BCUT2D eigenvalue weighted by Gasteiger charge is 2.13. The molecule has 2 aromatic carbocycles. The minimum atomic E-state index is -0.588. The highest BCUT2D eigenvalue weighted by Crippen LogP contribution is 2.36. The number of rotatable bonds is 10. The number of benzene rings is 2. The molecule has 0 aromatic heterocycles. The van der Waals surface area contributed by atoms with Gasteiger partial charge in [-0.05, 0) is 42.0 Å². The van der Waals surface area contributed by atoms with Crippen molar-refractivity contribution < 1.29 is 19.0 Å². The summed E-state index contributed by atoms with van der Waals surface area (Å²) in [4.78, 5) is 10.9. The molecule has 0 unspecified atom stereocenters. The van der Waals surface area contributed by atoms with Gasteiger partial charge in [0.1, 0.15) is 12.4 Å². The van der Waals surface area contributed by atoms with Gasteiger partial charge in [0.05, 0.1) is 12.1 Å². The number of halogens is 2. The molecule has 140 valence electrons. The Morgan fingerprint density at radius 1 is 1.15 bits per heavy atom. The van der Waals surface area contributed by atoms with E-state index in [0.29, 0.717) is 41.2 Å². The smallest absolute Gasteiger partial charge is 0.255 e. The van der Waals surface area contributed by atoms with Gasteiger partial charge in [0, 0.05) is 18.1 Å². The zero-order valence-electron chi connectivity index (χ0n) is 14.3. The van der Waals surface area contributed by atoms with Crippen molar-refractivity contribution in [2.24, 2.45) is 5.73 Å². The lowest BCUT2D eigenvalue weighted by atomic mass is 10.2. The van der Waals surface area contributed by atoms with Crippen LogP contribution in [0.5, 0.6) is 17.2 Å². The quantitative estimate of drug-likeness (QED) is 0.601. The van der Waals surface area contributed by atoms with E-state index in [4.69, 9.17) is 43.1 Å². The van der Waals surface area contributed by atoms with Crippen LogP contribution >= 0.6 is 23.2 Å². The molecule has 0 bridgehead atoms. The second-order valence-corrected chi connectivity index (χ2v) is 6.19. The fourth-order valence-electron chi connectivity index (χ4n) is 2.16. The van der Waals surface area contributed by atoms with E-state index in [9.17, 15) is 4.79 Å². The fraction of sp³-hybridized carbons (Fsp3) is 0.278. The minimum Gasteiger partial charge on any atom is -0.493 e. The third kappa shape index (κ3) is 6.29. The molecule has 0 fully saturated rings. The number of hydrogen-bond donors (Lipinski definition) is 2. The summed E-state index contributed by atoms with van der Waals surface area (Å²) in [5.41, 5.74) is 5.99. The van der Waals surface area contributed by atoms with Crippen LogP contribution in [0.3, 0.4) is 0 Å². The highest BCUT2D eigenvalue weighted by atomic mass is 35.5. The summed E-state index contributed by atoms with van der Waals surface area (Å²) >= 11 is 12.0. The maximum absolute atomic E-state index is 10.9. The molecule has 1 amide bonds. The van der Waals surface area contributed by atoms with Gasteiger partial charge in [-0.1, -0.05) is 23.2 Å². The Morgan fingerprint density at radius 2 is 1.88 bits per heavy atom. The molecular weight excluding hydrogens is 379 g/mol. The van der Waals surface area contributed by atoms with Crippen LogP contribution < -0.4 is 25.3 Å². The van der Waals surface area contributed by atoms with Gasteiger partial charge >= 0.3 is 0 Å². The van der Waals surface area contributed by atoms with Crippen molar-refractivity contribution in [3.05, 3.63) is 52.0 Å². The van der Waals surface area contributed by atoms with E-state index >= 15 is 0 Å². The lowest BCUT2D eigenvalue weighted by Crippen LogP contribution is -2.21. The lowest BCUT2D eigenvalue weighted by molar-refractivity contribution is -0.119. The molecule has 0 aliphatic carbocycles. The number of primary amides is 1. The van der Waals surface area contributed by atoms with Gasteiger partial charge in [0.25, 0.3) is 5.91 Å². The second-order valence-electron chi connectivity index (χ2n) is 5.34. The van der Waals surface area contributed by atoms with Crippen molar-refractivity contribution in [3.8, 4) is 17.2 Å².